The average Bonchev–Trinajstić information content (AvgIpc) is 3.10. The van der Waals surface area contributed by atoms with E-state index in [2.05, 4.69) is 45.7 Å². The van der Waals surface area contributed by atoms with Gasteiger partial charge in [0.15, 0.2) is 5.82 Å². The van der Waals surface area contributed by atoms with E-state index in [-0.39, 0.29) is 6.04 Å². The van der Waals surface area contributed by atoms with E-state index in [1.165, 1.54) is 5.56 Å². The third-order valence-electron chi connectivity index (χ3n) is 3.78. The predicted molar refractivity (Wildman–Crippen MR) is 79.8 cm³/mol. The van der Waals surface area contributed by atoms with Crippen molar-refractivity contribution in [2.24, 2.45) is 0 Å². The van der Waals surface area contributed by atoms with Crippen molar-refractivity contribution in [2.45, 2.75) is 26.3 Å². The highest BCUT2D eigenvalue weighted by molar-refractivity contribution is 7.13. The van der Waals surface area contributed by atoms with Gasteiger partial charge in [0.2, 0.25) is 0 Å². The standard InChI is InChI=1S/C14H20N4OS/c1-3-11(18-7-5-15-6-8-18)13-16-14(19-17-13)12-10(2)4-9-20-12/h4,9,11,15H,3,5-8H2,1-2H3. The molecule has 1 unspecified atom stereocenters. The number of thiophene rings is 1. The van der Waals surface area contributed by atoms with Gasteiger partial charge in [0.25, 0.3) is 5.89 Å². The Kier molecular flexibility index (Phi) is 4.14. The largest absolute Gasteiger partial charge is 0.333 e. The summed E-state index contributed by atoms with van der Waals surface area (Å²) in [5.74, 6) is 1.47. The summed E-state index contributed by atoms with van der Waals surface area (Å²) in [5, 5.41) is 9.65. The molecule has 6 heteroatoms. The fourth-order valence-corrected chi connectivity index (χ4v) is 3.50. The molecule has 0 aliphatic carbocycles. The van der Waals surface area contributed by atoms with Crippen LogP contribution in [0.25, 0.3) is 10.8 Å². The van der Waals surface area contributed by atoms with Gasteiger partial charge < -0.3 is 9.84 Å². The molecule has 2 aromatic rings. The molecule has 5 nitrogen and oxygen atoms in total. The second-order valence-electron chi connectivity index (χ2n) is 5.10. The van der Waals surface area contributed by atoms with Crippen LogP contribution in [0.15, 0.2) is 16.0 Å². The number of nitrogens with zero attached hydrogens (tertiary/aromatic N) is 3. The fraction of sp³-hybridized carbons (Fsp3) is 0.571. The Hall–Kier alpha value is -1.24. The van der Waals surface area contributed by atoms with E-state index < -0.39 is 0 Å². The third kappa shape index (κ3) is 2.63. The van der Waals surface area contributed by atoms with Crippen LogP contribution in [-0.4, -0.2) is 41.2 Å². The summed E-state index contributed by atoms with van der Waals surface area (Å²) < 4.78 is 5.47. The Labute approximate surface area is 123 Å². The molecule has 0 amide bonds. The lowest BCUT2D eigenvalue weighted by atomic mass is 10.1. The van der Waals surface area contributed by atoms with Gasteiger partial charge in [0, 0.05) is 26.2 Å². The Morgan fingerprint density at radius 2 is 2.25 bits per heavy atom. The lowest BCUT2D eigenvalue weighted by Gasteiger charge is -2.32. The molecule has 0 bridgehead atoms. The fourth-order valence-electron chi connectivity index (χ4n) is 2.65. The van der Waals surface area contributed by atoms with Crippen LogP contribution >= 0.6 is 11.3 Å². The SMILES string of the molecule is CCC(c1noc(-c2sccc2C)n1)N1CCNCC1. The van der Waals surface area contributed by atoms with Crippen molar-refractivity contribution in [3.05, 3.63) is 22.8 Å². The van der Waals surface area contributed by atoms with Gasteiger partial charge in [-0.05, 0) is 30.4 Å². The molecule has 2 aromatic heterocycles. The second kappa shape index (κ2) is 6.03. The van der Waals surface area contributed by atoms with Crippen molar-refractivity contribution in [2.75, 3.05) is 26.2 Å². The average molecular weight is 292 g/mol. The molecule has 1 fully saturated rings. The van der Waals surface area contributed by atoms with Crippen molar-refractivity contribution < 1.29 is 4.52 Å². The normalized spacial score (nSPS) is 18.3. The number of aryl methyl sites for hydroxylation is 1. The molecule has 3 rings (SSSR count). The van der Waals surface area contributed by atoms with E-state index in [4.69, 9.17) is 4.52 Å². The van der Waals surface area contributed by atoms with Gasteiger partial charge in [0.1, 0.15) is 0 Å². The molecule has 3 heterocycles. The van der Waals surface area contributed by atoms with Crippen LogP contribution in [0.1, 0.15) is 30.8 Å². The molecule has 1 atom stereocenters. The van der Waals surface area contributed by atoms with E-state index >= 15 is 0 Å². The Bertz CT molecular complexity index is 559. The third-order valence-corrected chi connectivity index (χ3v) is 4.78. The van der Waals surface area contributed by atoms with E-state index in [0.717, 1.165) is 43.3 Å². The molecule has 0 saturated carbocycles. The Balaban J connectivity index is 1.82. The molecule has 1 N–H and O–H groups in total. The van der Waals surface area contributed by atoms with Crippen LogP contribution in [0.4, 0.5) is 0 Å². The maximum Gasteiger partial charge on any atom is 0.268 e. The second-order valence-corrected chi connectivity index (χ2v) is 6.02. The summed E-state index contributed by atoms with van der Waals surface area (Å²) in [6, 6.07) is 2.34. The minimum absolute atomic E-state index is 0.259. The van der Waals surface area contributed by atoms with Gasteiger partial charge in [-0.25, -0.2) is 0 Å². The highest BCUT2D eigenvalue weighted by Gasteiger charge is 2.25. The van der Waals surface area contributed by atoms with Crippen molar-refractivity contribution in [3.8, 4) is 10.8 Å². The first-order valence-corrected chi connectivity index (χ1v) is 8.00. The number of aromatic nitrogens is 2. The molecule has 20 heavy (non-hydrogen) atoms. The Morgan fingerprint density at radius 1 is 1.45 bits per heavy atom. The molecule has 108 valence electrons. The molecule has 1 aliphatic rings. The predicted octanol–water partition coefficient (Wildman–Crippen LogP) is 2.46. The molecule has 0 aromatic carbocycles. The molecule has 0 radical (unpaired) electrons. The van der Waals surface area contributed by atoms with Crippen LogP contribution in [0, 0.1) is 6.92 Å². The van der Waals surface area contributed by atoms with Gasteiger partial charge in [-0.15, -0.1) is 11.3 Å². The minimum Gasteiger partial charge on any atom is -0.333 e. The van der Waals surface area contributed by atoms with Crippen molar-refractivity contribution in [1.82, 2.24) is 20.4 Å². The smallest absolute Gasteiger partial charge is 0.268 e. The maximum absolute atomic E-state index is 5.47. The highest BCUT2D eigenvalue weighted by atomic mass is 32.1. The number of rotatable bonds is 4. The van der Waals surface area contributed by atoms with Gasteiger partial charge in [-0.2, -0.15) is 4.98 Å². The quantitative estimate of drug-likeness (QED) is 0.938. The van der Waals surface area contributed by atoms with E-state index in [1.54, 1.807) is 11.3 Å². The summed E-state index contributed by atoms with van der Waals surface area (Å²) in [4.78, 5) is 8.15. The first-order chi connectivity index (χ1) is 9.79. The summed E-state index contributed by atoms with van der Waals surface area (Å²) in [6.45, 7) is 8.40. The van der Waals surface area contributed by atoms with Gasteiger partial charge >= 0.3 is 0 Å². The monoisotopic (exact) mass is 292 g/mol. The van der Waals surface area contributed by atoms with Gasteiger partial charge in [-0.3, -0.25) is 4.90 Å². The lowest BCUT2D eigenvalue weighted by molar-refractivity contribution is 0.160. The van der Waals surface area contributed by atoms with Crippen molar-refractivity contribution in [1.29, 1.82) is 0 Å². The van der Waals surface area contributed by atoms with Crippen molar-refractivity contribution in [3.63, 3.8) is 0 Å². The van der Waals surface area contributed by atoms with Crippen LogP contribution in [0.3, 0.4) is 0 Å². The summed E-state index contributed by atoms with van der Waals surface area (Å²) in [5.41, 5.74) is 1.19. The molecule has 1 saturated heterocycles. The van der Waals surface area contributed by atoms with Gasteiger partial charge in [-0.1, -0.05) is 12.1 Å². The van der Waals surface area contributed by atoms with E-state index in [9.17, 15) is 0 Å². The minimum atomic E-state index is 0.259. The molecular formula is C14H20N4OS. The molecular weight excluding hydrogens is 272 g/mol. The topological polar surface area (TPSA) is 54.2 Å². The van der Waals surface area contributed by atoms with Crippen LogP contribution in [0.2, 0.25) is 0 Å². The highest BCUT2D eigenvalue weighted by Crippen LogP contribution is 2.30. The zero-order valence-corrected chi connectivity index (χ0v) is 12.7. The van der Waals surface area contributed by atoms with Crippen LogP contribution in [0.5, 0.6) is 0 Å². The van der Waals surface area contributed by atoms with Crippen LogP contribution in [-0.2, 0) is 0 Å². The van der Waals surface area contributed by atoms with Crippen LogP contribution < -0.4 is 5.32 Å². The number of piperazine rings is 1. The van der Waals surface area contributed by atoms with Crippen molar-refractivity contribution >= 4 is 11.3 Å². The summed E-state index contributed by atoms with van der Waals surface area (Å²) >= 11 is 1.65. The summed E-state index contributed by atoms with van der Waals surface area (Å²) in [6.07, 6.45) is 1.00. The Morgan fingerprint density at radius 3 is 2.90 bits per heavy atom. The van der Waals surface area contributed by atoms with Gasteiger partial charge in [0.05, 0.1) is 10.9 Å². The number of hydrogen-bond donors (Lipinski definition) is 1. The maximum atomic E-state index is 5.47. The number of nitrogens with one attached hydrogen (secondary N) is 1. The van der Waals surface area contributed by atoms with E-state index in [0.29, 0.717) is 5.89 Å². The zero-order chi connectivity index (χ0) is 13.9. The molecule has 0 spiro atoms. The first-order valence-electron chi connectivity index (χ1n) is 7.12. The van der Waals surface area contributed by atoms with E-state index in [1.807, 2.05) is 0 Å². The first kappa shape index (κ1) is 13.7. The zero-order valence-electron chi connectivity index (χ0n) is 11.9. The summed E-state index contributed by atoms with van der Waals surface area (Å²) in [7, 11) is 0. The number of hydrogen-bond acceptors (Lipinski definition) is 6. The lowest BCUT2D eigenvalue weighted by Crippen LogP contribution is -2.45. The molecule has 1 aliphatic heterocycles.